The van der Waals surface area contributed by atoms with E-state index in [1.165, 1.54) is 23.9 Å². The van der Waals surface area contributed by atoms with Crippen LogP contribution in [0.25, 0.3) is 0 Å². The first-order valence-electron chi connectivity index (χ1n) is 8.69. The molecule has 0 saturated carbocycles. The number of hydrogen-bond acceptors (Lipinski definition) is 4. The molecule has 8 heteroatoms. The lowest BCUT2D eigenvalue weighted by Gasteiger charge is -2.24. The van der Waals surface area contributed by atoms with Crippen LogP contribution < -0.4 is 4.74 Å². The van der Waals surface area contributed by atoms with Gasteiger partial charge in [0.05, 0.1) is 17.0 Å². The summed E-state index contributed by atoms with van der Waals surface area (Å²) in [5, 5.41) is 8.97. The lowest BCUT2D eigenvalue weighted by molar-refractivity contribution is -0.139. The Morgan fingerprint density at radius 1 is 1.14 bits per heavy atom. The van der Waals surface area contributed by atoms with Crippen LogP contribution in [-0.2, 0) is 11.0 Å². The van der Waals surface area contributed by atoms with Crippen LogP contribution >= 0.6 is 11.8 Å². The van der Waals surface area contributed by atoms with Crippen molar-refractivity contribution in [3.05, 3.63) is 54.1 Å². The molecule has 0 aromatic heterocycles. The Labute approximate surface area is 166 Å². The van der Waals surface area contributed by atoms with Gasteiger partial charge in [-0.15, -0.1) is 0 Å². The number of aliphatic carboxylic acids is 1. The van der Waals surface area contributed by atoms with E-state index in [1.807, 2.05) is 32.0 Å². The number of rotatable bonds is 9. The molecular formula is C20H22F3NO3S. The Morgan fingerprint density at radius 2 is 1.79 bits per heavy atom. The highest BCUT2D eigenvalue weighted by Gasteiger charge is 2.30. The maximum atomic E-state index is 12.7. The Morgan fingerprint density at radius 3 is 2.36 bits per heavy atom. The molecule has 4 nitrogen and oxygen atoms in total. The standard InChI is InChI=1S/C20H22F3NO3S/c1-14(2)24(13-19(25)26)11-12-27-17-5-3-4-6-18(17)28-16-9-7-15(8-10-16)20(21,22)23/h3-10,14H,11-13H2,1-2H3,(H,25,26). The van der Waals surface area contributed by atoms with Crippen LogP contribution in [0, 0.1) is 0 Å². The number of carboxylic acids is 1. The molecule has 0 amide bonds. The van der Waals surface area contributed by atoms with E-state index in [4.69, 9.17) is 9.84 Å². The number of carbonyl (C=O) groups is 1. The molecule has 2 aromatic rings. The Hall–Kier alpha value is -2.19. The van der Waals surface area contributed by atoms with Gasteiger partial charge in [0.1, 0.15) is 12.4 Å². The van der Waals surface area contributed by atoms with Gasteiger partial charge in [0.15, 0.2) is 0 Å². The molecule has 0 saturated heterocycles. The lowest BCUT2D eigenvalue weighted by atomic mass is 10.2. The summed E-state index contributed by atoms with van der Waals surface area (Å²) in [6.45, 7) is 4.51. The number of halogens is 3. The Bertz CT molecular complexity index is 779. The zero-order valence-corrected chi connectivity index (χ0v) is 16.4. The number of benzene rings is 2. The summed E-state index contributed by atoms with van der Waals surface area (Å²) in [4.78, 5) is 14.2. The third-order valence-corrected chi connectivity index (χ3v) is 5.03. The van der Waals surface area contributed by atoms with Crippen molar-refractivity contribution in [1.82, 2.24) is 4.90 Å². The van der Waals surface area contributed by atoms with E-state index in [2.05, 4.69) is 0 Å². The van der Waals surface area contributed by atoms with Crippen LogP contribution in [-0.4, -0.2) is 41.7 Å². The zero-order chi connectivity index (χ0) is 20.7. The molecule has 0 radical (unpaired) electrons. The van der Waals surface area contributed by atoms with E-state index in [1.54, 1.807) is 11.0 Å². The molecule has 1 N–H and O–H groups in total. The largest absolute Gasteiger partial charge is 0.491 e. The van der Waals surface area contributed by atoms with Gasteiger partial charge in [0, 0.05) is 17.5 Å². The highest BCUT2D eigenvalue weighted by molar-refractivity contribution is 7.99. The molecule has 0 bridgehead atoms. The summed E-state index contributed by atoms with van der Waals surface area (Å²) in [6, 6.07) is 12.3. The van der Waals surface area contributed by atoms with E-state index in [0.29, 0.717) is 23.8 Å². The Kier molecular flexibility index (Phi) is 7.77. The van der Waals surface area contributed by atoms with Crippen LogP contribution in [0.3, 0.4) is 0 Å². The van der Waals surface area contributed by atoms with Crippen molar-refractivity contribution in [2.24, 2.45) is 0 Å². The van der Waals surface area contributed by atoms with Crippen molar-refractivity contribution in [3.63, 3.8) is 0 Å². The van der Waals surface area contributed by atoms with Gasteiger partial charge in [-0.3, -0.25) is 9.69 Å². The molecule has 0 aliphatic rings. The molecule has 0 heterocycles. The first kappa shape index (κ1) is 22.1. The van der Waals surface area contributed by atoms with Crippen molar-refractivity contribution < 1.29 is 27.8 Å². The molecule has 152 valence electrons. The molecule has 0 aliphatic heterocycles. The molecular weight excluding hydrogens is 391 g/mol. The second-order valence-corrected chi connectivity index (χ2v) is 7.49. The SMILES string of the molecule is CC(C)N(CCOc1ccccc1Sc1ccc(C(F)(F)F)cc1)CC(=O)O. The number of nitrogens with zero attached hydrogens (tertiary/aromatic N) is 1. The first-order chi connectivity index (χ1) is 13.2. The van der Waals surface area contributed by atoms with Crippen molar-refractivity contribution in [2.45, 2.75) is 35.9 Å². The third-order valence-electron chi connectivity index (χ3n) is 3.96. The summed E-state index contributed by atoms with van der Waals surface area (Å²) < 4.78 is 43.9. The normalized spacial score (nSPS) is 11.8. The second kappa shape index (κ2) is 9.84. The molecule has 2 aromatic carbocycles. The number of para-hydroxylation sites is 1. The van der Waals surface area contributed by atoms with E-state index >= 15 is 0 Å². The topological polar surface area (TPSA) is 49.8 Å². The predicted molar refractivity (Wildman–Crippen MR) is 102 cm³/mol. The first-order valence-corrected chi connectivity index (χ1v) is 9.51. The number of ether oxygens (including phenoxy) is 1. The van der Waals surface area contributed by atoms with Gasteiger partial charge in [-0.05, 0) is 50.2 Å². The van der Waals surface area contributed by atoms with Gasteiger partial charge in [-0.1, -0.05) is 23.9 Å². The average molecular weight is 413 g/mol. The van der Waals surface area contributed by atoms with Gasteiger partial charge >= 0.3 is 12.1 Å². The third kappa shape index (κ3) is 6.76. The summed E-state index contributed by atoms with van der Waals surface area (Å²) in [7, 11) is 0. The van der Waals surface area contributed by atoms with Gasteiger partial charge in [0.25, 0.3) is 0 Å². The summed E-state index contributed by atoms with van der Waals surface area (Å²) in [6.07, 6.45) is -4.36. The monoisotopic (exact) mass is 413 g/mol. The van der Waals surface area contributed by atoms with Crippen LogP contribution in [0.2, 0.25) is 0 Å². The van der Waals surface area contributed by atoms with Gasteiger partial charge in [-0.25, -0.2) is 0 Å². The fraction of sp³-hybridized carbons (Fsp3) is 0.350. The number of hydrogen-bond donors (Lipinski definition) is 1. The highest BCUT2D eigenvalue weighted by Crippen LogP contribution is 2.36. The van der Waals surface area contributed by atoms with Crippen LogP contribution in [0.4, 0.5) is 13.2 Å². The van der Waals surface area contributed by atoms with E-state index in [-0.39, 0.29) is 12.6 Å². The lowest BCUT2D eigenvalue weighted by Crippen LogP contribution is -2.38. The molecule has 0 aliphatic carbocycles. The molecule has 0 fully saturated rings. The van der Waals surface area contributed by atoms with Crippen molar-refractivity contribution in [2.75, 3.05) is 19.7 Å². The molecule has 0 unspecified atom stereocenters. The highest BCUT2D eigenvalue weighted by atomic mass is 32.2. The minimum atomic E-state index is -4.36. The van der Waals surface area contributed by atoms with Crippen LogP contribution in [0.5, 0.6) is 5.75 Å². The smallest absolute Gasteiger partial charge is 0.416 e. The summed E-state index contributed by atoms with van der Waals surface area (Å²) in [5.74, 6) is -0.293. The van der Waals surface area contributed by atoms with Gasteiger partial charge in [0.2, 0.25) is 0 Å². The Balaban J connectivity index is 2.01. The van der Waals surface area contributed by atoms with Crippen molar-refractivity contribution >= 4 is 17.7 Å². The maximum absolute atomic E-state index is 12.7. The maximum Gasteiger partial charge on any atom is 0.416 e. The fourth-order valence-corrected chi connectivity index (χ4v) is 3.36. The zero-order valence-electron chi connectivity index (χ0n) is 15.6. The van der Waals surface area contributed by atoms with Crippen molar-refractivity contribution in [3.8, 4) is 5.75 Å². The predicted octanol–water partition coefficient (Wildman–Crippen LogP) is 5.03. The average Bonchev–Trinajstić information content (AvgIpc) is 2.61. The second-order valence-electron chi connectivity index (χ2n) is 6.38. The quantitative estimate of drug-likeness (QED) is 0.625. The van der Waals surface area contributed by atoms with Crippen molar-refractivity contribution in [1.29, 1.82) is 0 Å². The van der Waals surface area contributed by atoms with E-state index in [0.717, 1.165) is 17.0 Å². The van der Waals surface area contributed by atoms with Crippen LogP contribution in [0.1, 0.15) is 19.4 Å². The minimum Gasteiger partial charge on any atom is -0.491 e. The van der Waals surface area contributed by atoms with E-state index < -0.39 is 17.7 Å². The van der Waals surface area contributed by atoms with Gasteiger partial charge < -0.3 is 9.84 Å². The number of alkyl halides is 3. The van der Waals surface area contributed by atoms with Gasteiger partial charge in [-0.2, -0.15) is 13.2 Å². The summed E-state index contributed by atoms with van der Waals surface area (Å²) >= 11 is 1.31. The molecule has 0 spiro atoms. The molecule has 28 heavy (non-hydrogen) atoms. The summed E-state index contributed by atoms with van der Waals surface area (Å²) in [5.41, 5.74) is -0.686. The minimum absolute atomic E-state index is 0.0662. The molecule has 0 atom stereocenters. The van der Waals surface area contributed by atoms with E-state index in [9.17, 15) is 18.0 Å². The number of carboxylic acid groups (broad SMARTS) is 1. The van der Waals surface area contributed by atoms with Crippen LogP contribution in [0.15, 0.2) is 58.3 Å². The molecule has 2 rings (SSSR count). The fourth-order valence-electron chi connectivity index (χ4n) is 2.46.